The first-order valence-corrected chi connectivity index (χ1v) is 12.2. The second-order valence-electron chi connectivity index (χ2n) is 13.1. The van der Waals surface area contributed by atoms with Crippen molar-refractivity contribution in [1.29, 1.82) is 0 Å². The molecular formula is C33H56Hf. The summed E-state index contributed by atoms with van der Waals surface area (Å²) in [5.74, 6) is 4.34. The van der Waals surface area contributed by atoms with Gasteiger partial charge in [0.05, 0.1) is 0 Å². The van der Waals surface area contributed by atoms with Crippen molar-refractivity contribution < 1.29 is 25.8 Å². The van der Waals surface area contributed by atoms with Gasteiger partial charge in [0.25, 0.3) is 0 Å². The fourth-order valence-corrected chi connectivity index (χ4v) is 7.08. The van der Waals surface area contributed by atoms with Gasteiger partial charge in [-0.3, -0.25) is 0 Å². The molecule has 2 saturated carbocycles. The minimum absolute atomic E-state index is 0. The van der Waals surface area contributed by atoms with Gasteiger partial charge in [-0.1, -0.05) is 105 Å². The van der Waals surface area contributed by atoms with E-state index < -0.39 is 0 Å². The van der Waals surface area contributed by atoms with Gasteiger partial charge < -0.3 is 29.7 Å². The molecule has 0 amide bonds. The average molecular weight is 631 g/mol. The third kappa shape index (κ3) is 6.39. The molecule has 0 nitrogen and oxygen atoms in total. The van der Waals surface area contributed by atoms with Gasteiger partial charge in [0.1, 0.15) is 0 Å². The van der Waals surface area contributed by atoms with E-state index in [2.05, 4.69) is 91.8 Å². The number of allylic oxidation sites excluding steroid dienone is 8. The van der Waals surface area contributed by atoms with Gasteiger partial charge in [-0.15, -0.1) is 0 Å². The number of fused-ring (bicyclic) bond motifs is 3. The Kier molecular flexibility index (Phi) is 13.1. The molecule has 0 N–H and O–H groups in total. The van der Waals surface area contributed by atoms with Crippen molar-refractivity contribution in [2.45, 2.75) is 81.1 Å². The molecule has 4 rings (SSSR count). The predicted molar refractivity (Wildman–Crippen MR) is 152 cm³/mol. The van der Waals surface area contributed by atoms with E-state index in [0.29, 0.717) is 29.1 Å². The van der Waals surface area contributed by atoms with Gasteiger partial charge in [0.2, 0.25) is 0 Å². The minimum atomic E-state index is 0. The monoisotopic (exact) mass is 632 g/mol. The van der Waals surface area contributed by atoms with Crippen LogP contribution in [0.15, 0.2) is 47.6 Å². The molecule has 0 bridgehead atoms. The SMILES string of the molecule is CC(C)(C)C1=CC2C(C=C1)C1C=CC(C(C)(C)C)=CC1C2C(C)(C)C1CCCC1.[CH3-].[CH3-].[CH3-].[CH3-].[Hf+4]. The molecule has 192 valence electrons. The van der Waals surface area contributed by atoms with E-state index >= 15 is 0 Å². The first-order chi connectivity index (χ1) is 13.4. The summed E-state index contributed by atoms with van der Waals surface area (Å²) < 4.78 is 0. The van der Waals surface area contributed by atoms with E-state index in [1.54, 1.807) is 11.1 Å². The summed E-state index contributed by atoms with van der Waals surface area (Å²) in [5, 5.41) is 0. The Balaban J connectivity index is 0. The van der Waals surface area contributed by atoms with Crippen molar-refractivity contribution in [2.24, 2.45) is 51.8 Å². The number of hydrogen-bond donors (Lipinski definition) is 0. The molecule has 0 aromatic rings. The van der Waals surface area contributed by atoms with Crippen LogP contribution in [0.1, 0.15) is 81.1 Å². The van der Waals surface area contributed by atoms with Gasteiger partial charge >= 0.3 is 25.8 Å². The van der Waals surface area contributed by atoms with Crippen molar-refractivity contribution in [3.63, 3.8) is 0 Å². The van der Waals surface area contributed by atoms with E-state index in [4.69, 9.17) is 0 Å². The smallest absolute Gasteiger partial charge is 0.358 e. The van der Waals surface area contributed by atoms with Crippen LogP contribution in [0.25, 0.3) is 0 Å². The molecule has 4 aliphatic rings. The van der Waals surface area contributed by atoms with Gasteiger partial charge in [-0.05, 0) is 75.7 Å². The predicted octanol–water partition coefficient (Wildman–Crippen LogP) is 10.2. The normalized spacial score (nSPS) is 30.2. The maximum atomic E-state index is 2.71. The fraction of sp³-hybridized carbons (Fsp3) is 0.636. The molecule has 2 fully saturated rings. The van der Waals surface area contributed by atoms with E-state index in [1.807, 2.05) is 0 Å². The zero-order valence-electron chi connectivity index (χ0n) is 24.8. The Labute approximate surface area is 235 Å². The van der Waals surface area contributed by atoms with Crippen molar-refractivity contribution in [3.8, 4) is 0 Å². The van der Waals surface area contributed by atoms with Crippen LogP contribution in [0.3, 0.4) is 0 Å². The molecule has 0 aromatic heterocycles. The Morgan fingerprint density at radius 2 is 0.941 bits per heavy atom. The Morgan fingerprint density at radius 1 is 0.588 bits per heavy atom. The van der Waals surface area contributed by atoms with Crippen LogP contribution in [-0.4, -0.2) is 0 Å². The van der Waals surface area contributed by atoms with Crippen LogP contribution in [-0.2, 0) is 25.8 Å². The first-order valence-electron chi connectivity index (χ1n) is 12.2. The summed E-state index contributed by atoms with van der Waals surface area (Å²) in [5.41, 5.74) is 3.97. The average Bonchev–Trinajstić information content (AvgIpc) is 3.26. The summed E-state index contributed by atoms with van der Waals surface area (Å²) in [7, 11) is 0. The van der Waals surface area contributed by atoms with Gasteiger partial charge in [-0.25, -0.2) is 0 Å². The molecule has 1 heteroatoms. The maximum absolute atomic E-state index is 2.71. The maximum Gasteiger partial charge on any atom is 4.00 e. The van der Waals surface area contributed by atoms with Crippen LogP contribution in [0, 0.1) is 81.5 Å². The van der Waals surface area contributed by atoms with Gasteiger partial charge in [-0.2, -0.15) is 0 Å². The van der Waals surface area contributed by atoms with E-state index in [0.717, 1.165) is 11.8 Å². The molecule has 0 spiro atoms. The minimum Gasteiger partial charge on any atom is -0.358 e. The molecular weight excluding hydrogens is 575 g/mol. The zero-order valence-corrected chi connectivity index (χ0v) is 28.3. The van der Waals surface area contributed by atoms with Crippen molar-refractivity contribution >= 4 is 0 Å². The summed E-state index contributed by atoms with van der Waals surface area (Å²) in [6, 6.07) is 0. The van der Waals surface area contributed by atoms with Crippen LogP contribution in [0.4, 0.5) is 0 Å². The molecule has 4 atom stereocenters. The summed E-state index contributed by atoms with van der Waals surface area (Å²) in [6.07, 6.45) is 21.3. The zero-order chi connectivity index (χ0) is 21.2. The third-order valence-electron chi connectivity index (χ3n) is 8.90. The molecule has 4 aliphatic carbocycles. The first kappa shape index (κ1) is 36.0. The van der Waals surface area contributed by atoms with E-state index in [1.165, 1.54) is 25.7 Å². The van der Waals surface area contributed by atoms with Crippen LogP contribution < -0.4 is 0 Å². The van der Waals surface area contributed by atoms with Crippen molar-refractivity contribution in [3.05, 3.63) is 77.3 Å². The van der Waals surface area contributed by atoms with Crippen molar-refractivity contribution in [1.82, 2.24) is 0 Å². The second-order valence-corrected chi connectivity index (χ2v) is 13.1. The Morgan fingerprint density at radius 3 is 1.26 bits per heavy atom. The summed E-state index contributed by atoms with van der Waals surface area (Å²) in [4.78, 5) is 0. The molecule has 34 heavy (non-hydrogen) atoms. The van der Waals surface area contributed by atoms with Gasteiger partial charge in [0, 0.05) is 0 Å². The summed E-state index contributed by atoms with van der Waals surface area (Å²) in [6.45, 7) is 19.5. The van der Waals surface area contributed by atoms with Crippen LogP contribution in [0.5, 0.6) is 0 Å². The fourth-order valence-electron chi connectivity index (χ4n) is 7.08. The topological polar surface area (TPSA) is 0 Å². The van der Waals surface area contributed by atoms with Crippen molar-refractivity contribution in [2.75, 3.05) is 0 Å². The Hall–Kier alpha value is -0.170. The molecule has 0 radical (unpaired) electrons. The molecule has 0 saturated heterocycles. The molecule has 0 aromatic carbocycles. The van der Waals surface area contributed by atoms with E-state index in [9.17, 15) is 0 Å². The van der Waals surface area contributed by atoms with Gasteiger partial charge in [0.15, 0.2) is 0 Å². The molecule has 0 aliphatic heterocycles. The standard InChI is InChI=1S/C29H44.4CH3.Hf/c1-27(2,3)20-13-15-22-23-16-14-21(28(4,5)6)18-25(23)26(24(22)17-20)29(7,8)19-11-9-10-12-19;;;;;/h13-19,22-26H,9-12H2,1-8H3;4*1H3;/q;4*-1;+4. The molecule has 0 heterocycles. The largest absolute Gasteiger partial charge is 4.00 e. The Bertz CT molecular complexity index is 703. The quantitative estimate of drug-likeness (QED) is 0.210. The number of rotatable bonds is 2. The molecule has 4 unspecified atom stereocenters. The second kappa shape index (κ2) is 12.4. The third-order valence-corrected chi connectivity index (χ3v) is 8.90. The number of hydrogen-bond acceptors (Lipinski definition) is 0. The van der Waals surface area contributed by atoms with E-state index in [-0.39, 0.29) is 66.4 Å². The van der Waals surface area contributed by atoms with Crippen LogP contribution in [0.2, 0.25) is 0 Å². The van der Waals surface area contributed by atoms with Crippen LogP contribution >= 0.6 is 0 Å². The summed E-state index contributed by atoms with van der Waals surface area (Å²) >= 11 is 0.